The summed E-state index contributed by atoms with van der Waals surface area (Å²) in [6, 6.07) is 13.0. The molecule has 1 heterocycles. The number of hydrazone groups is 1. The Morgan fingerprint density at radius 2 is 1.79 bits per heavy atom. The van der Waals surface area contributed by atoms with Gasteiger partial charge in [-0.15, -0.1) is 0 Å². The Morgan fingerprint density at radius 1 is 1.12 bits per heavy atom. The van der Waals surface area contributed by atoms with Crippen LogP contribution in [0, 0.1) is 6.92 Å². The first kappa shape index (κ1) is 25.1. The van der Waals surface area contributed by atoms with Gasteiger partial charge in [-0.2, -0.15) is 5.10 Å². The van der Waals surface area contributed by atoms with Crippen LogP contribution in [-0.4, -0.2) is 60.9 Å². The third-order valence-corrected chi connectivity index (χ3v) is 5.55. The fourth-order valence-electron chi connectivity index (χ4n) is 3.75. The fourth-order valence-corrected chi connectivity index (χ4v) is 3.75. The number of hydrogen-bond acceptors (Lipinski definition) is 5. The Labute approximate surface area is 201 Å². The zero-order valence-electron chi connectivity index (χ0n) is 21.0. The lowest BCUT2D eigenvalue weighted by Gasteiger charge is -2.28. The summed E-state index contributed by atoms with van der Waals surface area (Å²) < 4.78 is 10.9. The molecule has 182 valence electrons. The first-order valence-corrected chi connectivity index (χ1v) is 11.2. The summed E-state index contributed by atoms with van der Waals surface area (Å²) in [5.41, 5.74) is 3.25. The lowest BCUT2D eigenvalue weighted by molar-refractivity contribution is -0.133. The molecule has 1 aliphatic rings. The summed E-state index contributed by atoms with van der Waals surface area (Å²) in [7, 11) is 4.80. The van der Waals surface area contributed by atoms with E-state index in [9.17, 15) is 9.59 Å². The van der Waals surface area contributed by atoms with Crippen molar-refractivity contribution < 1.29 is 19.1 Å². The first-order valence-electron chi connectivity index (χ1n) is 11.2. The smallest absolute Gasteiger partial charge is 0.318 e. The van der Waals surface area contributed by atoms with Gasteiger partial charge in [0.15, 0.2) is 0 Å². The third-order valence-electron chi connectivity index (χ3n) is 5.55. The molecule has 34 heavy (non-hydrogen) atoms. The molecule has 0 fully saturated rings. The molecule has 0 spiro atoms. The van der Waals surface area contributed by atoms with E-state index in [4.69, 9.17) is 14.6 Å². The van der Waals surface area contributed by atoms with E-state index < -0.39 is 5.54 Å². The maximum absolute atomic E-state index is 13.4. The van der Waals surface area contributed by atoms with Crippen molar-refractivity contribution >= 4 is 17.6 Å². The number of carbonyl (C=O) groups is 2. The highest BCUT2D eigenvalue weighted by Gasteiger charge is 2.35. The molecule has 8 heteroatoms. The van der Waals surface area contributed by atoms with E-state index in [0.717, 1.165) is 22.4 Å². The highest BCUT2D eigenvalue weighted by atomic mass is 16.5. The zero-order valence-corrected chi connectivity index (χ0v) is 21.0. The van der Waals surface area contributed by atoms with Gasteiger partial charge in [0.1, 0.15) is 18.0 Å². The van der Waals surface area contributed by atoms with Crippen LogP contribution >= 0.6 is 0 Å². The quantitative estimate of drug-likeness (QED) is 0.694. The standard InChI is InChI=1S/C26H34N4O4/c1-17-8-10-18(11-9-17)22-15-21(20-13-12-19(33-6)14-23(20)34-7)28-30(22)24(31)16-29(5)25(32)27-26(2,3)4/h8-14,22H,15-16H2,1-7H3,(H,27,32)/t22-/m1/s1. The van der Waals surface area contributed by atoms with E-state index >= 15 is 0 Å². The van der Waals surface area contributed by atoms with Crippen molar-refractivity contribution in [3.63, 3.8) is 0 Å². The number of methoxy groups -OCH3 is 2. The Morgan fingerprint density at radius 3 is 2.38 bits per heavy atom. The van der Waals surface area contributed by atoms with Crippen molar-refractivity contribution in [1.29, 1.82) is 0 Å². The lowest BCUT2D eigenvalue weighted by Crippen LogP contribution is -2.49. The Balaban J connectivity index is 1.91. The number of rotatable bonds is 6. The molecule has 2 aromatic rings. The number of urea groups is 1. The van der Waals surface area contributed by atoms with Crippen LogP contribution in [0.3, 0.4) is 0 Å². The molecule has 0 aromatic heterocycles. The van der Waals surface area contributed by atoms with E-state index in [1.807, 2.05) is 64.1 Å². The number of benzene rings is 2. The maximum atomic E-state index is 13.4. The predicted molar refractivity (Wildman–Crippen MR) is 132 cm³/mol. The summed E-state index contributed by atoms with van der Waals surface area (Å²) in [5, 5.41) is 9.08. The number of aryl methyl sites for hydroxylation is 1. The SMILES string of the molecule is COc1ccc(C2=NN(C(=O)CN(C)C(=O)NC(C)(C)C)[C@@H](c3ccc(C)cc3)C2)c(OC)c1. The third kappa shape index (κ3) is 5.87. The predicted octanol–water partition coefficient (Wildman–Crippen LogP) is 4.13. The van der Waals surface area contributed by atoms with Gasteiger partial charge in [-0.05, 0) is 45.4 Å². The number of likely N-dealkylation sites (N-methyl/N-ethyl adjacent to an activating group) is 1. The number of nitrogens with zero attached hydrogens (tertiary/aromatic N) is 3. The summed E-state index contributed by atoms with van der Waals surface area (Å²) in [4.78, 5) is 27.2. The normalized spacial score (nSPS) is 15.6. The Bertz CT molecular complexity index is 1070. The largest absolute Gasteiger partial charge is 0.497 e. The molecule has 0 aliphatic carbocycles. The van der Waals surface area contributed by atoms with Crippen LogP contribution < -0.4 is 14.8 Å². The van der Waals surface area contributed by atoms with E-state index in [1.165, 1.54) is 9.91 Å². The van der Waals surface area contributed by atoms with Crippen LogP contribution in [0.4, 0.5) is 4.79 Å². The summed E-state index contributed by atoms with van der Waals surface area (Å²) in [5.74, 6) is 1.03. The summed E-state index contributed by atoms with van der Waals surface area (Å²) >= 11 is 0. The molecule has 0 saturated carbocycles. The monoisotopic (exact) mass is 466 g/mol. The van der Waals surface area contributed by atoms with Crippen molar-refractivity contribution in [2.75, 3.05) is 27.8 Å². The average molecular weight is 467 g/mol. The van der Waals surface area contributed by atoms with Crippen LogP contribution in [-0.2, 0) is 4.79 Å². The Kier molecular flexibility index (Phi) is 7.49. The molecule has 3 amide bonds. The molecular weight excluding hydrogens is 432 g/mol. The Hall–Kier alpha value is -3.55. The second-order valence-corrected chi connectivity index (χ2v) is 9.52. The van der Waals surface area contributed by atoms with Gasteiger partial charge in [0.25, 0.3) is 5.91 Å². The molecule has 1 atom stereocenters. The van der Waals surface area contributed by atoms with Gasteiger partial charge in [0.2, 0.25) is 0 Å². The molecule has 0 unspecified atom stereocenters. The number of ether oxygens (including phenoxy) is 2. The van der Waals surface area contributed by atoms with Crippen molar-refractivity contribution in [3.05, 3.63) is 59.2 Å². The van der Waals surface area contributed by atoms with Gasteiger partial charge in [-0.25, -0.2) is 9.80 Å². The van der Waals surface area contributed by atoms with Crippen LogP contribution in [0.2, 0.25) is 0 Å². The number of hydrogen-bond donors (Lipinski definition) is 1. The van der Waals surface area contributed by atoms with E-state index in [0.29, 0.717) is 17.9 Å². The minimum Gasteiger partial charge on any atom is -0.497 e. The van der Waals surface area contributed by atoms with Crippen LogP contribution in [0.5, 0.6) is 11.5 Å². The zero-order chi connectivity index (χ0) is 25.0. The molecule has 0 radical (unpaired) electrons. The molecule has 8 nitrogen and oxygen atoms in total. The maximum Gasteiger partial charge on any atom is 0.318 e. The van der Waals surface area contributed by atoms with Crippen molar-refractivity contribution in [3.8, 4) is 11.5 Å². The molecule has 3 rings (SSSR count). The van der Waals surface area contributed by atoms with Crippen LogP contribution in [0.1, 0.15) is 49.9 Å². The van der Waals surface area contributed by atoms with Gasteiger partial charge in [-0.1, -0.05) is 29.8 Å². The van der Waals surface area contributed by atoms with E-state index in [1.54, 1.807) is 27.3 Å². The first-order chi connectivity index (χ1) is 16.0. The van der Waals surface area contributed by atoms with Gasteiger partial charge in [0.05, 0.1) is 26.0 Å². The van der Waals surface area contributed by atoms with E-state index in [-0.39, 0.29) is 24.5 Å². The highest BCUT2D eigenvalue weighted by Crippen LogP contribution is 2.36. The molecular formula is C26H34N4O4. The summed E-state index contributed by atoms with van der Waals surface area (Å²) in [6.45, 7) is 7.61. The summed E-state index contributed by atoms with van der Waals surface area (Å²) in [6.07, 6.45) is 0.523. The minimum atomic E-state index is -0.400. The van der Waals surface area contributed by atoms with Gasteiger partial charge >= 0.3 is 6.03 Å². The topological polar surface area (TPSA) is 83.5 Å². The average Bonchev–Trinajstić information content (AvgIpc) is 3.23. The second kappa shape index (κ2) is 10.2. The van der Waals surface area contributed by atoms with Crippen molar-refractivity contribution in [2.24, 2.45) is 5.10 Å². The van der Waals surface area contributed by atoms with Gasteiger partial charge < -0.3 is 19.7 Å². The number of nitrogens with one attached hydrogen (secondary N) is 1. The van der Waals surface area contributed by atoms with Gasteiger partial charge in [-0.3, -0.25) is 4.79 Å². The fraction of sp³-hybridized carbons (Fsp3) is 0.423. The molecule has 2 aromatic carbocycles. The molecule has 1 aliphatic heterocycles. The second-order valence-electron chi connectivity index (χ2n) is 9.52. The van der Waals surface area contributed by atoms with Crippen LogP contribution in [0.25, 0.3) is 0 Å². The van der Waals surface area contributed by atoms with Crippen LogP contribution in [0.15, 0.2) is 47.6 Å². The lowest BCUT2D eigenvalue weighted by atomic mass is 9.97. The van der Waals surface area contributed by atoms with E-state index in [2.05, 4.69) is 5.32 Å². The molecule has 0 saturated heterocycles. The molecule has 0 bridgehead atoms. The van der Waals surface area contributed by atoms with Crippen molar-refractivity contribution in [2.45, 2.75) is 45.7 Å². The van der Waals surface area contributed by atoms with Gasteiger partial charge in [0, 0.05) is 30.6 Å². The highest BCUT2D eigenvalue weighted by molar-refractivity contribution is 6.05. The molecule has 1 N–H and O–H groups in total. The number of amides is 3. The van der Waals surface area contributed by atoms with Crippen molar-refractivity contribution in [1.82, 2.24) is 15.2 Å². The minimum absolute atomic E-state index is 0.0964. The number of carbonyl (C=O) groups excluding carboxylic acids is 2.